The van der Waals surface area contributed by atoms with Gasteiger partial charge in [-0.3, -0.25) is 10.1 Å². The average molecular weight is 565 g/mol. The minimum absolute atomic E-state index is 0.0702. The fourth-order valence-corrected chi connectivity index (χ4v) is 6.74. The monoisotopic (exact) mass is 564 g/mol. The largest absolute Gasteiger partial charge is 0.444 e. The van der Waals surface area contributed by atoms with Crippen molar-refractivity contribution in [1.29, 1.82) is 4.78 Å². The van der Waals surface area contributed by atoms with E-state index in [0.29, 0.717) is 40.8 Å². The van der Waals surface area contributed by atoms with Crippen LogP contribution in [-0.4, -0.2) is 51.4 Å². The third-order valence-corrected chi connectivity index (χ3v) is 8.76. The molecular weight excluding hydrogens is 524 g/mol. The number of aliphatic imine (C=N–C) groups is 1. The summed E-state index contributed by atoms with van der Waals surface area (Å²) in [6.07, 6.45) is 4.67. The van der Waals surface area contributed by atoms with Gasteiger partial charge in [0.05, 0.1) is 20.3 Å². The summed E-state index contributed by atoms with van der Waals surface area (Å²) in [5, 5.41) is 2.77. The predicted molar refractivity (Wildman–Crippen MR) is 160 cm³/mol. The van der Waals surface area contributed by atoms with Gasteiger partial charge in [0.1, 0.15) is 11.4 Å². The summed E-state index contributed by atoms with van der Waals surface area (Å²) >= 11 is 0. The Morgan fingerprint density at radius 1 is 1.07 bits per heavy atom. The molecule has 0 aliphatic carbocycles. The number of carbonyl (C=O) groups excluding carboxylic acids is 2. The smallest absolute Gasteiger partial charge is 0.413 e. The first-order valence-corrected chi connectivity index (χ1v) is 15.7. The highest BCUT2D eigenvalue weighted by Crippen LogP contribution is 2.35. The first kappa shape index (κ1) is 29.5. The number of rotatable bonds is 6. The third kappa shape index (κ3) is 6.99. The molecule has 0 bridgehead atoms. The van der Waals surface area contributed by atoms with Crippen molar-refractivity contribution in [2.75, 3.05) is 18.8 Å². The molecule has 0 saturated heterocycles. The standard InChI is InChI=1S/C31H40N4O4S/c1-6-14-35(15-7-2)29(36)25-17-24-13-12-22(23-11-10-21-9-8-16-40(32,38)27(21)19-23)18-26(24)33-28(20-25)34-30(37)39-31(3,4)5/h10-13,17-19,32H,6-9,14-16,20H2,1-5H3,(H,33,34,37). The predicted octanol–water partition coefficient (Wildman–Crippen LogP) is 6.70. The molecule has 2 N–H and O–H groups in total. The van der Waals surface area contributed by atoms with E-state index >= 15 is 0 Å². The van der Waals surface area contributed by atoms with Crippen LogP contribution in [0.1, 0.15) is 71.4 Å². The Hall–Kier alpha value is -3.46. The number of alkyl carbamates (subject to hydrolysis) is 1. The van der Waals surface area contributed by atoms with Gasteiger partial charge in [0.15, 0.2) is 0 Å². The highest BCUT2D eigenvalue weighted by Gasteiger charge is 2.25. The summed E-state index contributed by atoms with van der Waals surface area (Å²) < 4.78 is 26.8. The Bertz CT molecular complexity index is 1460. The Morgan fingerprint density at radius 3 is 2.42 bits per heavy atom. The quantitative estimate of drug-likeness (QED) is 0.407. The lowest BCUT2D eigenvalue weighted by atomic mass is 9.99. The van der Waals surface area contributed by atoms with Crippen molar-refractivity contribution in [1.82, 2.24) is 10.2 Å². The number of nitrogens with zero attached hydrogens (tertiary/aromatic N) is 2. The van der Waals surface area contributed by atoms with Crippen molar-refractivity contribution in [3.63, 3.8) is 0 Å². The number of nitrogens with one attached hydrogen (secondary N) is 2. The van der Waals surface area contributed by atoms with Crippen LogP contribution < -0.4 is 5.32 Å². The highest BCUT2D eigenvalue weighted by molar-refractivity contribution is 7.92. The average Bonchev–Trinajstić information content (AvgIpc) is 3.05. The lowest BCUT2D eigenvalue weighted by molar-refractivity contribution is -0.127. The fraction of sp³-hybridized carbons (Fsp3) is 0.452. The Morgan fingerprint density at radius 2 is 1.75 bits per heavy atom. The van der Waals surface area contributed by atoms with Gasteiger partial charge in [0.2, 0.25) is 5.91 Å². The van der Waals surface area contributed by atoms with Gasteiger partial charge in [-0.2, -0.15) is 0 Å². The highest BCUT2D eigenvalue weighted by atomic mass is 32.2. The normalized spacial score (nSPS) is 18.4. The molecule has 9 heteroatoms. The molecule has 40 heavy (non-hydrogen) atoms. The second-order valence-electron chi connectivity index (χ2n) is 11.4. The van der Waals surface area contributed by atoms with Crippen molar-refractivity contribution in [3.05, 3.63) is 53.1 Å². The van der Waals surface area contributed by atoms with Crippen LogP contribution in [0.25, 0.3) is 17.2 Å². The van der Waals surface area contributed by atoms with Crippen LogP contribution in [-0.2, 0) is 25.7 Å². The van der Waals surface area contributed by atoms with Gasteiger partial charge in [0.25, 0.3) is 0 Å². The maximum atomic E-state index is 13.6. The molecule has 1 atom stereocenters. The fourth-order valence-electron chi connectivity index (χ4n) is 5.06. The lowest BCUT2D eigenvalue weighted by Crippen LogP contribution is -2.38. The molecular formula is C31H40N4O4S. The summed E-state index contributed by atoms with van der Waals surface area (Å²) in [6.45, 7) is 10.8. The van der Waals surface area contributed by atoms with Gasteiger partial charge in [-0.15, -0.1) is 0 Å². The van der Waals surface area contributed by atoms with Gasteiger partial charge in [-0.25, -0.2) is 18.8 Å². The molecule has 8 nitrogen and oxygen atoms in total. The van der Waals surface area contributed by atoms with Crippen LogP contribution in [0, 0.1) is 4.78 Å². The first-order chi connectivity index (χ1) is 18.9. The second-order valence-corrected chi connectivity index (χ2v) is 13.6. The minimum atomic E-state index is -2.81. The minimum Gasteiger partial charge on any atom is -0.444 e. The number of ether oxygens (including phenoxy) is 1. The number of benzene rings is 2. The van der Waals surface area contributed by atoms with E-state index in [1.54, 1.807) is 20.8 Å². The molecule has 2 aromatic carbocycles. The van der Waals surface area contributed by atoms with Gasteiger partial charge in [0, 0.05) is 36.4 Å². The zero-order valence-corrected chi connectivity index (χ0v) is 25.0. The zero-order chi connectivity index (χ0) is 29.1. The Balaban J connectivity index is 1.76. The number of carbonyl (C=O) groups is 2. The number of amidine groups is 1. The zero-order valence-electron chi connectivity index (χ0n) is 24.1. The van der Waals surface area contributed by atoms with Crippen LogP contribution >= 0.6 is 0 Å². The molecule has 4 rings (SSSR count). The number of aryl methyl sites for hydroxylation is 1. The Labute approximate surface area is 237 Å². The molecule has 1 unspecified atom stereocenters. The van der Waals surface area contributed by atoms with Crippen molar-refractivity contribution >= 4 is 39.3 Å². The maximum absolute atomic E-state index is 13.6. The van der Waals surface area contributed by atoms with Gasteiger partial charge >= 0.3 is 6.09 Å². The van der Waals surface area contributed by atoms with E-state index in [4.69, 9.17) is 14.5 Å². The Kier molecular flexibility index (Phi) is 8.83. The number of hydrogen-bond acceptors (Lipinski definition) is 6. The van der Waals surface area contributed by atoms with Crippen LogP contribution in [0.3, 0.4) is 0 Å². The van der Waals surface area contributed by atoms with E-state index in [0.717, 1.165) is 47.9 Å². The van der Waals surface area contributed by atoms with Gasteiger partial charge in [-0.05, 0) is 81.4 Å². The number of fused-ring (bicyclic) bond motifs is 2. The SMILES string of the molecule is CCCN(CCC)C(=O)C1=Cc2ccc(-c3ccc4c(c3)S(=N)(=O)CCC4)cc2N=C(NC(=O)OC(C)(C)C)C1. The van der Waals surface area contributed by atoms with Crippen molar-refractivity contribution < 1.29 is 18.5 Å². The van der Waals surface area contributed by atoms with E-state index in [2.05, 4.69) is 5.32 Å². The van der Waals surface area contributed by atoms with E-state index < -0.39 is 21.4 Å². The van der Waals surface area contributed by atoms with Crippen molar-refractivity contribution in [2.45, 2.75) is 77.2 Å². The summed E-state index contributed by atoms with van der Waals surface area (Å²) in [5.74, 6) is 0.642. The molecule has 0 radical (unpaired) electrons. The lowest BCUT2D eigenvalue weighted by Gasteiger charge is -2.23. The molecule has 0 spiro atoms. The maximum Gasteiger partial charge on any atom is 0.413 e. The topological polar surface area (TPSA) is 112 Å². The summed E-state index contributed by atoms with van der Waals surface area (Å²) in [5.41, 5.74) is 3.91. The van der Waals surface area contributed by atoms with E-state index in [1.165, 1.54) is 0 Å². The molecule has 2 aliphatic heterocycles. The van der Waals surface area contributed by atoms with Crippen LogP contribution in [0.15, 0.2) is 51.9 Å². The van der Waals surface area contributed by atoms with Crippen LogP contribution in [0.2, 0.25) is 0 Å². The molecule has 214 valence electrons. The van der Waals surface area contributed by atoms with Gasteiger partial charge < -0.3 is 9.64 Å². The molecule has 0 saturated carbocycles. The number of amides is 2. The molecule has 2 amide bonds. The molecule has 2 aliphatic rings. The van der Waals surface area contributed by atoms with Crippen molar-refractivity contribution in [3.8, 4) is 11.1 Å². The third-order valence-electron chi connectivity index (χ3n) is 6.80. The van der Waals surface area contributed by atoms with Crippen molar-refractivity contribution in [2.24, 2.45) is 4.99 Å². The number of hydrogen-bond donors (Lipinski definition) is 2. The summed E-state index contributed by atoms with van der Waals surface area (Å²) in [6, 6.07) is 11.6. The first-order valence-electron chi connectivity index (χ1n) is 14.0. The summed E-state index contributed by atoms with van der Waals surface area (Å²) in [7, 11) is -2.81. The van der Waals surface area contributed by atoms with Gasteiger partial charge in [-0.1, -0.05) is 38.1 Å². The van der Waals surface area contributed by atoms with Crippen LogP contribution in [0.5, 0.6) is 0 Å². The van der Waals surface area contributed by atoms with E-state index in [-0.39, 0.29) is 12.3 Å². The molecule has 0 fully saturated rings. The molecule has 0 aromatic heterocycles. The second kappa shape index (κ2) is 12.0. The van der Waals surface area contributed by atoms with E-state index in [1.807, 2.05) is 61.2 Å². The van der Waals surface area contributed by atoms with Crippen LogP contribution in [0.4, 0.5) is 10.5 Å². The molecule has 2 heterocycles. The summed E-state index contributed by atoms with van der Waals surface area (Å²) in [4.78, 5) is 33.5. The molecule has 2 aromatic rings. The van der Waals surface area contributed by atoms with E-state index in [9.17, 15) is 13.8 Å².